The Balaban J connectivity index is 2.04. The van der Waals surface area contributed by atoms with E-state index in [-0.39, 0.29) is 11.3 Å². The van der Waals surface area contributed by atoms with Crippen LogP contribution in [0, 0.1) is 0 Å². The van der Waals surface area contributed by atoms with Crippen LogP contribution in [0.3, 0.4) is 0 Å². The van der Waals surface area contributed by atoms with Crippen molar-refractivity contribution in [1.29, 1.82) is 0 Å². The van der Waals surface area contributed by atoms with E-state index < -0.39 is 17.7 Å². The minimum atomic E-state index is -0.769. The fourth-order valence-corrected chi connectivity index (χ4v) is 5.08. The Morgan fingerprint density at radius 2 is 1.68 bits per heavy atom. The summed E-state index contributed by atoms with van der Waals surface area (Å²) in [4.78, 5) is 30.8. The number of aliphatic hydroxyl groups is 1. The predicted molar refractivity (Wildman–Crippen MR) is 162 cm³/mol. The molecule has 1 amide bonds. The number of likely N-dealkylation sites (tertiary alicyclic amines) is 1. The van der Waals surface area contributed by atoms with E-state index >= 15 is 0 Å². The van der Waals surface area contributed by atoms with Crippen LogP contribution in [0.1, 0.15) is 77.0 Å². The summed E-state index contributed by atoms with van der Waals surface area (Å²) in [6.07, 6.45) is 4.65. The molecule has 0 aromatic heterocycles. The van der Waals surface area contributed by atoms with Crippen LogP contribution in [0.2, 0.25) is 0 Å². The van der Waals surface area contributed by atoms with Gasteiger partial charge in [-0.05, 0) is 68.7 Å². The van der Waals surface area contributed by atoms with Gasteiger partial charge in [0, 0.05) is 12.1 Å². The van der Waals surface area contributed by atoms with Gasteiger partial charge in [0.15, 0.2) is 11.5 Å². The number of hydrogen-bond donors (Lipinski definition) is 1. The molecule has 8 nitrogen and oxygen atoms in total. The Bertz CT molecular complexity index is 1190. The molecule has 0 aliphatic carbocycles. The number of ketones is 1. The molecular formula is C33H46N2O6. The second-order valence-electron chi connectivity index (χ2n) is 10.2. The van der Waals surface area contributed by atoms with E-state index in [1.807, 2.05) is 19.1 Å². The monoisotopic (exact) mass is 566 g/mol. The Labute approximate surface area is 244 Å². The third-order valence-electron chi connectivity index (χ3n) is 7.40. The molecule has 224 valence electrons. The molecular weight excluding hydrogens is 520 g/mol. The summed E-state index contributed by atoms with van der Waals surface area (Å²) >= 11 is 0. The van der Waals surface area contributed by atoms with Crippen LogP contribution in [0.15, 0.2) is 48.0 Å². The second kappa shape index (κ2) is 16.1. The molecule has 1 aliphatic rings. The van der Waals surface area contributed by atoms with E-state index in [1.165, 1.54) is 0 Å². The van der Waals surface area contributed by atoms with Gasteiger partial charge < -0.3 is 29.1 Å². The van der Waals surface area contributed by atoms with Gasteiger partial charge in [0.2, 0.25) is 0 Å². The number of benzene rings is 2. The Morgan fingerprint density at radius 1 is 0.902 bits per heavy atom. The minimum absolute atomic E-state index is 0.0594. The first-order valence-corrected chi connectivity index (χ1v) is 14.9. The average Bonchev–Trinajstić information content (AvgIpc) is 3.25. The third-order valence-corrected chi connectivity index (χ3v) is 7.40. The molecule has 3 rings (SSSR count). The summed E-state index contributed by atoms with van der Waals surface area (Å²) in [5.41, 5.74) is 1.15. The molecule has 0 spiro atoms. The van der Waals surface area contributed by atoms with Gasteiger partial charge in [-0.1, -0.05) is 58.7 Å². The number of ether oxygens (including phenoxy) is 3. The lowest BCUT2D eigenvalue weighted by Crippen LogP contribution is -2.33. The number of carbonyl (C=O) groups is 2. The van der Waals surface area contributed by atoms with Crippen molar-refractivity contribution in [2.75, 3.05) is 46.5 Å². The molecule has 1 N–H and O–H groups in total. The van der Waals surface area contributed by atoms with E-state index in [4.69, 9.17) is 14.2 Å². The lowest BCUT2D eigenvalue weighted by molar-refractivity contribution is -0.140. The summed E-state index contributed by atoms with van der Waals surface area (Å²) in [7, 11) is 1.57. The molecule has 0 saturated carbocycles. The molecule has 1 saturated heterocycles. The van der Waals surface area contributed by atoms with Gasteiger partial charge in [0.1, 0.15) is 11.5 Å². The van der Waals surface area contributed by atoms with Crippen LogP contribution in [0.4, 0.5) is 0 Å². The number of unbranched alkanes of at least 4 members (excludes halogenated alkanes) is 2. The first kappa shape index (κ1) is 32.0. The van der Waals surface area contributed by atoms with Crippen molar-refractivity contribution in [3.63, 3.8) is 0 Å². The number of nitrogens with zero attached hydrogens (tertiary/aromatic N) is 2. The third kappa shape index (κ3) is 8.03. The minimum Gasteiger partial charge on any atom is -0.507 e. The van der Waals surface area contributed by atoms with Crippen molar-refractivity contribution in [2.45, 2.75) is 65.8 Å². The quantitative estimate of drug-likeness (QED) is 0.105. The molecule has 1 fully saturated rings. The van der Waals surface area contributed by atoms with E-state index in [1.54, 1.807) is 42.3 Å². The highest BCUT2D eigenvalue weighted by Crippen LogP contribution is 2.42. The van der Waals surface area contributed by atoms with Gasteiger partial charge in [-0.2, -0.15) is 0 Å². The number of aliphatic hydroxyl groups excluding tert-OH is 1. The molecule has 41 heavy (non-hydrogen) atoms. The molecule has 1 aliphatic heterocycles. The Kier molecular flexibility index (Phi) is 12.5. The van der Waals surface area contributed by atoms with Gasteiger partial charge in [0.25, 0.3) is 11.7 Å². The molecule has 1 heterocycles. The van der Waals surface area contributed by atoms with Crippen molar-refractivity contribution in [3.8, 4) is 17.2 Å². The zero-order valence-corrected chi connectivity index (χ0v) is 25.3. The molecule has 2 aromatic rings. The molecule has 2 aromatic carbocycles. The van der Waals surface area contributed by atoms with Crippen LogP contribution in [-0.4, -0.2) is 73.1 Å². The SMILES string of the molecule is CCCCCOc1ccc(C2/C(=C(\O)c3cccc(OCCC)c3)C(=O)C(=O)N2CCCN(CC)CC)cc1OC. The highest BCUT2D eigenvalue weighted by Gasteiger charge is 2.46. The van der Waals surface area contributed by atoms with Crippen LogP contribution in [-0.2, 0) is 9.59 Å². The zero-order chi connectivity index (χ0) is 29.8. The highest BCUT2D eigenvalue weighted by atomic mass is 16.5. The Morgan fingerprint density at radius 3 is 2.37 bits per heavy atom. The van der Waals surface area contributed by atoms with Crippen molar-refractivity contribution in [2.24, 2.45) is 0 Å². The number of Topliss-reactive ketones (excluding diaryl/α,β-unsaturated/α-hetero) is 1. The highest BCUT2D eigenvalue weighted by molar-refractivity contribution is 6.46. The van der Waals surface area contributed by atoms with Gasteiger partial charge in [-0.25, -0.2) is 0 Å². The molecule has 1 unspecified atom stereocenters. The maximum Gasteiger partial charge on any atom is 0.295 e. The number of carbonyl (C=O) groups excluding carboxylic acids is 2. The van der Waals surface area contributed by atoms with Crippen LogP contribution in [0.5, 0.6) is 17.2 Å². The number of rotatable bonds is 17. The molecule has 0 bridgehead atoms. The van der Waals surface area contributed by atoms with Crippen molar-refractivity contribution in [3.05, 3.63) is 59.2 Å². The second-order valence-corrected chi connectivity index (χ2v) is 10.2. The molecule has 8 heteroatoms. The fourth-order valence-electron chi connectivity index (χ4n) is 5.08. The average molecular weight is 567 g/mol. The number of hydrogen-bond acceptors (Lipinski definition) is 7. The number of methoxy groups -OCH3 is 1. The van der Waals surface area contributed by atoms with Gasteiger partial charge in [-0.15, -0.1) is 0 Å². The smallest absolute Gasteiger partial charge is 0.295 e. The molecule has 0 radical (unpaired) electrons. The lowest BCUT2D eigenvalue weighted by Gasteiger charge is -2.27. The maximum atomic E-state index is 13.5. The van der Waals surface area contributed by atoms with Gasteiger partial charge in [0.05, 0.1) is 31.9 Å². The van der Waals surface area contributed by atoms with E-state index in [0.717, 1.165) is 45.3 Å². The topological polar surface area (TPSA) is 88.5 Å². The van der Waals surface area contributed by atoms with Gasteiger partial charge >= 0.3 is 0 Å². The standard InChI is InChI=1S/C33H46N2O6/c1-6-10-11-21-41-27-17-16-24(23-28(27)39-5)30-29(31(36)25-14-12-15-26(22-25)40-20-7-2)32(37)33(38)35(30)19-13-18-34(8-3)9-4/h12,14-17,22-23,30,36H,6-11,13,18-21H2,1-5H3/b31-29+. The Hall–Kier alpha value is -3.52. The zero-order valence-electron chi connectivity index (χ0n) is 25.3. The van der Waals surface area contributed by atoms with E-state index in [9.17, 15) is 14.7 Å². The molecule has 1 atom stereocenters. The van der Waals surface area contributed by atoms with Crippen molar-refractivity contribution in [1.82, 2.24) is 9.80 Å². The summed E-state index contributed by atoms with van der Waals surface area (Å²) in [5, 5.41) is 11.5. The first-order chi connectivity index (χ1) is 19.9. The lowest BCUT2D eigenvalue weighted by atomic mass is 9.95. The summed E-state index contributed by atoms with van der Waals surface area (Å²) in [6, 6.07) is 11.7. The fraction of sp³-hybridized carbons (Fsp3) is 0.515. The summed E-state index contributed by atoms with van der Waals surface area (Å²) < 4.78 is 17.4. The largest absolute Gasteiger partial charge is 0.507 e. The van der Waals surface area contributed by atoms with Crippen LogP contribution < -0.4 is 14.2 Å². The maximum absolute atomic E-state index is 13.5. The van der Waals surface area contributed by atoms with Crippen molar-refractivity contribution < 1.29 is 28.9 Å². The summed E-state index contributed by atoms with van der Waals surface area (Å²) in [5.74, 6) is 0.171. The van der Waals surface area contributed by atoms with Crippen LogP contribution in [0.25, 0.3) is 5.76 Å². The van der Waals surface area contributed by atoms with Gasteiger partial charge in [-0.3, -0.25) is 9.59 Å². The number of amides is 1. The van der Waals surface area contributed by atoms with Crippen molar-refractivity contribution >= 4 is 17.4 Å². The van der Waals surface area contributed by atoms with E-state index in [0.29, 0.717) is 54.6 Å². The summed E-state index contributed by atoms with van der Waals surface area (Å²) in [6.45, 7) is 12.5. The normalized spacial score (nSPS) is 16.4. The van der Waals surface area contributed by atoms with Crippen LogP contribution >= 0.6 is 0 Å². The predicted octanol–water partition coefficient (Wildman–Crippen LogP) is 6.21. The first-order valence-electron chi connectivity index (χ1n) is 14.9. The van der Waals surface area contributed by atoms with E-state index in [2.05, 4.69) is 25.7 Å².